The zero-order valence-electron chi connectivity index (χ0n) is 10.7. The van der Waals surface area contributed by atoms with Gasteiger partial charge in [-0.3, -0.25) is 0 Å². The van der Waals surface area contributed by atoms with Crippen LogP contribution < -0.4 is 5.32 Å². The number of nitrogens with one attached hydrogen (secondary N) is 1. The lowest BCUT2D eigenvalue weighted by atomic mass is 10.1. The second-order valence-electron chi connectivity index (χ2n) is 4.50. The monoisotopic (exact) mass is 373 g/mol. The average molecular weight is 373 g/mol. The maximum absolute atomic E-state index is 13.7. The Labute approximate surface area is 125 Å². The summed E-state index contributed by atoms with van der Waals surface area (Å²) in [4.78, 5) is 0. The van der Waals surface area contributed by atoms with Crippen LogP contribution in [0.3, 0.4) is 0 Å². The fraction of sp³-hybridized carbons (Fsp3) is 0.200. The Morgan fingerprint density at radius 3 is 2.32 bits per heavy atom. The first-order valence-corrected chi connectivity index (χ1v) is 7.03. The standard InChI is InChI=1S/C15H14F2IN/c1-9-7-14(17)15(8-13(9)16)19-10(2)11-3-5-12(18)6-4-11/h3-8,10,19H,1-2H3. The number of hydrogen-bond donors (Lipinski definition) is 1. The van der Waals surface area contributed by atoms with Crippen LogP contribution >= 0.6 is 22.6 Å². The van der Waals surface area contributed by atoms with Gasteiger partial charge >= 0.3 is 0 Å². The van der Waals surface area contributed by atoms with Gasteiger partial charge < -0.3 is 5.32 Å². The van der Waals surface area contributed by atoms with E-state index in [1.807, 2.05) is 31.2 Å². The number of hydrogen-bond acceptors (Lipinski definition) is 1. The normalized spacial score (nSPS) is 12.3. The molecule has 19 heavy (non-hydrogen) atoms. The van der Waals surface area contributed by atoms with Gasteiger partial charge in [0.15, 0.2) is 0 Å². The van der Waals surface area contributed by atoms with Crippen molar-refractivity contribution in [2.24, 2.45) is 0 Å². The number of rotatable bonds is 3. The van der Waals surface area contributed by atoms with E-state index in [4.69, 9.17) is 0 Å². The third-order valence-corrected chi connectivity index (χ3v) is 3.71. The highest BCUT2D eigenvalue weighted by Gasteiger charge is 2.11. The van der Waals surface area contributed by atoms with E-state index in [9.17, 15) is 8.78 Å². The first-order valence-electron chi connectivity index (χ1n) is 5.95. The molecule has 0 saturated carbocycles. The highest BCUT2D eigenvalue weighted by atomic mass is 127. The van der Waals surface area contributed by atoms with Crippen LogP contribution in [0.25, 0.3) is 0 Å². The Balaban J connectivity index is 2.21. The Morgan fingerprint density at radius 1 is 1.05 bits per heavy atom. The summed E-state index contributed by atoms with van der Waals surface area (Å²) in [5, 5.41) is 3.00. The molecule has 1 unspecified atom stereocenters. The van der Waals surface area contributed by atoms with E-state index in [1.165, 1.54) is 12.1 Å². The van der Waals surface area contributed by atoms with E-state index < -0.39 is 11.6 Å². The van der Waals surface area contributed by atoms with Crippen molar-refractivity contribution in [2.75, 3.05) is 5.32 Å². The number of aryl methyl sites for hydroxylation is 1. The minimum Gasteiger partial charge on any atom is -0.376 e. The molecule has 0 spiro atoms. The van der Waals surface area contributed by atoms with E-state index in [2.05, 4.69) is 27.9 Å². The van der Waals surface area contributed by atoms with Crippen LogP contribution in [-0.2, 0) is 0 Å². The topological polar surface area (TPSA) is 12.0 Å². The third kappa shape index (κ3) is 3.43. The second kappa shape index (κ2) is 5.86. The van der Waals surface area contributed by atoms with Crippen molar-refractivity contribution in [3.8, 4) is 0 Å². The van der Waals surface area contributed by atoms with Crippen molar-refractivity contribution >= 4 is 28.3 Å². The van der Waals surface area contributed by atoms with E-state index in [1.54, 1.807) is 6.92 Å². The number of anilines is 1. The van der Waals surface area contributed by atoms with Gasteiger partial charge in [-0.15, -0.1) is 0 Å². The van der Waals surface area contributed by atoms with E-state index in [0.717, 1.165) is 9.13 Å². The molecule has 0 radical (unpaired) electrons. The SMILES string of the molecule is Cc1cc(F)c(NC(C)c2ccc(I)cc2)cc1F. The quantitative estimate of drug-likeness (QED) is 0.743. The largest absolute Gasteiger partial charge is 0.376 e. The third-order valence-electron chi connectivity index (χ3n) is 2.99. The summed E-state index contributed by atoms with van der Waals surface area (Å²) in [7, 11) is 0. The molecule has 1 nitrogen and oxygen atoms in total. The van der Waals surface area contributed by atoms with Gasteiger partial charge in [0.1, 0.15) is 11.6 Å². The second-order valence-corrected chi connectivity index (χ2v) is 5.74. The molecular weight excluding hydrogens is 359 g/mol. The number of benzene rings is 2. The molecule has 2 aromatic rings. The zero-order chi connectivity index (χ0) is 14.0. The van der Waals surface area contributed by atoms with E-state index >= 15 is 0 Å². The van der Waals surface area contributed by atoms with Gasteiger partial charge in [0, 0.05) is 15.7 Å². The molecular formula is C15H14F2IN. The molecule has 1 atom stereocenters. The Kier molecular flexibility index (Phi) is 4.39. The van der Waals surface area contributed by atoms with Gasteiger partial charge in [-0.25, -0.2) is 8.78 Å². The van der Waals surface area contributed by atoms with Gasteiger partial charge in [0.05, 0.1) is 5.69 Å². The molecule has 0 amide bonds. The molecule has 4 heteroatoms. The molecule has 0 fully saturated rings. The van der Waals surface area contributed by atoms with Crippen LogP contribution in [0.2, 0.25) is 0 Å². The number of halogens is 3. The van der Waals surface area contributed by atoms with Gasteiger partial charge in [-0.05, 0) is 65.8 Å². The summed E-state index contributed by atoms with van der Waals surface area (Å²) in [6.07, 6.45) is 0. The highest BCUT2D eigenvalue weighted by Crippen LogP contribution is 2.24. The van der Waals surface area contributed by atoms with Crippen LogP contribution in [0, 0.1) is 22.1 Å². The fourth-order valence-electron chi connectivity index (χ4n) is 1.82. The highest BCUT2D eigenvalue weighted by molar-refractivity contribution is 14.1. The predicted octanol–water partition coefficient (Wildman–Crippen LogP) is 5.05. The van der Waals surface area contributed by atoms with E-state index in [-0.39, 0.29) is 11.7 Å². The minimum absolute atomic E-state index is 0.0893. The van der Waals surface area contributed by atoms with Crippen molar-refractivity contribution in [1.82, 2.24) is 0 Å². The fourth-order valence-corrected chi connectivity index (χ4v) is 2.18. The molecule has 0 aliphatic carbocycles. The summed E-state index contributed by atoms with van der Waals surface area (Å²) in [5.74, 6) is -0.838. The van der Waals surface area contributed by atoms with Gasteiger partial charge in [0.25, 0.3) is 0 Å². The van der Waals surface area contributed by atoms with Crippen molar-refractivity contribution in [2.45, 2.75) is 19.9 Å². The summed E-state index contributed by atoms with van der Waals surface area (Å²) < 4.78 is 28.3. The zero-order valence-corrected chi connectivity index (χ0v) is 12.8. The van der Waals surface area contributed by atoms with Gasteiger partial charge in [-0.2, -0.15) is 0 Å². The Bertz CT molecular complexity index is 581. The molecule has 0 bridgehead atoms. The van der Waals surface area contributed by atoms with Crippen LogP contribution in [-0.4, -0.2) is 0 Å². The van der Waals surface area contributed by atoms with Gasteiger partial charge in [0.2, 0.25) is 0 Å². The molecule has 2 rings (SSSR count). The predicted molar refractivity (Wildman–Crippen MR) is 82.3 cm³/mol. The average Bonchev–Trinajstić information content (AvgIpc) is 2.36. The summed E-state index contributed by atoms with van der Waals surface area (Å²) >= 11 is 2.23. The molecule has 100 valence electrons. The Morgan fingerprint density at radius 2 is 1.68 bits per heavy atom. The Hall–Kier alpha value is -1.17. The van der Waals surface area contributed by atoms with Crippen molar-refractivity contribution in [3.05, 3.63) is 62.7 Å². The van der Waals surface area contributed by atoms with Gasteiger partial charge in [-0.1, -0.05) is 12.1 Å². The first-order chi connectivity index (χ1) is 8.97. The molecule has 0 heterocycles. The van der Waals surface area contributed by atoms with Crippen molar-refractivity contribution in [3.63, 3.8) is 0 Å². The lowest BCUT2D eigenvalue weighted by Crippen LogP contribution is -2.08. The van der Waals surface area contributed by atoms with Crippen LogP contribution in [0.15, 0.2) is 36.4 Å². The molecule has 0 aliphatic rings. The lowest BCUT2D eigenvalue weighted by Gasteiger charge is -2.17. The molecule has 1 N–H and O–H groups in total. The van der Waals surface area contributed by atoms with Crippen molar-refractivity contribution in [1.29, 1.82) is 0 Å². The van der Waals surface area contributed by atoms with Crippen LogP contribution in [0.5, 0.6) is 0 Å². The summed E-state index contributed by atoms with van der Waals surface area (Å²) in [6, 6.07) is 10.2. The lowest BCUT2D eigenvalue weighted by molar-refractivity contribution is 0.593. The smallest absolute Gasteiger partial charge is 0.146 e. The maximum atomic E-state index is 13.7. The summed E-state index contributed by atoms with van der Waals surface area (Å²) in [6.45, 7) is 3.46. The van der Waals surface area contributed by atoms with E-state index in [0.29, 0.717) is 5.56 Å². The molecule has 0 saturated heterocycles. The first kappa shape index (κ1) is 14.2. The van der Waals surface area contributed by atoms with Crippen LogP contribution in [0.4, 0.5) is 14.5 Å². The minimum atomic E-state index is -0.434. The summed E-state index contributed by atoms with van der Waals surface area (Å²) in [5.41, 5.74) is 1.53. The maximum Gasteiger partial charge on any atom is 0.146 e. The molecule has 0 aliphatic heterocycles. The molecule has 0 aromatic heterocycles. The molecule has 2 aromatic carbocycles. The van der Waals surface area contributed by atoms with Crippen LogP contribution in [0.1, 0.15) is 24.1 Å². The van der Waals surface area contributed by atoms with Crippen molar-refractivity contribution < 1.29 is 8.78 Å².